The Kier molecular flexibility index (Phi) is 6.18. The second-order valence-electron chi connectivity index (χ2n) is 4.15. The zero-order chi connectivity index (χ0) is 12.7. The van der Waals surface area contributed by atoms with Crippen LogP contribution in [0.1, 0.15) is 6.42 Å². The average molecular weight is 255 g/mol. The molecule has 0 aromatic carbocycles. The molecule has 0 radical (unpaired) electrons. The van der Waals surface area contributed by atoms with E-state index in [0.29, 0.717) is 13.0 Å². The minimum atomic E-state index is -4.23. The monoisotopic (exact) mass is 255 g/mol. The third-order valence-corrected chi connectivity index (χ3v) is 2.74. The Morgan fingerprint density at radius 2 is 2.18 bits per heavy atom. The van der Waals surface area contributed by atoms with E-state index in [1.807, 2.05) is 0 Å². The largest absolute Gasteiger partial charge is 0.411 e. The number of nitrogens with two attached hydrogens (primary N) is 1. The second kappa shape index (κ2) is 7.15. The number of piperazine rings is 1. The van der Waals surface area contributed by atoms with Crippen molar-refractivity contribution >= 4 is 0 Å². The lowest BCUT2D eigenvalue weighted by Gasteiger charge is -2.35. The maximum Gasteiger partial charge on any atom is 0.411 e. The molecule has 3 N–H and O–H groups in total. The van der Waals surface area contributed by atoms with Crippen LogP contribution in [0.3, 0.4) is 0 Å². The van der Waals surface area contributed by atoms with Crippen LogP contribution in [0.15, 0.2) is 0 Å². The Labute approximate surface area is 99.3 Å². The molecule has 0 amide bonds. The SMILES string of the molecule is NCC1CNCCN1CCCOCC(F)(F)F. The van der Waals surface area contributed by atoms with E-state index in [0.717, 1.165) is 26.2 Å². The zero-order valence-corrected chi connectivity index (χ0v) is 9.80. The van der Waals surface area contributed by atoms with E-state index in [4.69, 9.17) is 5.73 Å². The highest BCUT2D eigenvalue weighted by Gasteiger charge is 2.27. The third kappa shape index (κ3) is 6.21. The molecular weight excluding hydrogens is 235 g/mol. The summed E-state index contributed by atoms with van der Waals surface area (Å²) in [5, 5.41) is 3.24. The molecule has 0 saturated carbocycles. The van der Waals surface area contributed by atoms with Crippen LogP contribution in [0.2, 0.25) is 0 Å². The topological polar surface area (TPSA) is 50.5 Å². The quantitative estimate of drug-likeness (QED) is 0.665. The molecule has 0 spiro atoms. The van der Waals surface area contributed by atoms with Crippen molar-refractivity contribution in [2.75, 3.05) is 45.9 Å². The van der Waals surface area contributed by atoms with E-state index in [1.165, 1.54) is 0 Å². The Balaban J connectivity index is 2.08. The number of hydrogen-bond acceptors (Lipinski definition) is 4. The molecule has 1 unspecified atom stereocenters. The van der Waals surface area contributed by atoms with Gasteiger partial charge in [0, 0.05) is 45.4 Å². The van der Waals surface area contributed by atoms with Crippen LogP contribution in [-0.4, -0.2) is 63.1 Å². The Morgan fingerprint density at radius 1 is 1.41 bits per heavy atom. The van der Waals surface area contributed by atoms with Crippen LogP contribution in [-0.2, 0) is 4.74 Å². The first-order valence-corrected chi connectivity index (χ1v) is 5.82. The molecule has 1 rings (SSSR count). The van der Waals surface area contributed by atoms with Crippen LogP contribution in [0, 0.1) is 0 Å². The summed E-state index contributed by atoms with van der Waals surface area (Å²) in [4.78, 5) is 2.20. The lowest BCUT2D eigenvalue weighted by Crippen LogP contribution is -2.54. The van der Waals surface area contributed by atoms with Gasteiger partial charge in [-0.05, 0) is 6.42 Å². The molecule has 1 aliphatic heterocycles. The Bertz CT molecular complexity index is 213. The van der Waals surface area contributed by atoms with Crippen molar-refractivity contribution in [3.8, 4) is 0 Å². The summed E-state index contributed by atoms with van der Waals surface area (Å²) in [5.41, 5.74) is 5.62. The minimum Gasteiger partial charge on any atom is -0.372 e. The molecule has 102 valence electrons. The van der Waals surface area contributed by atoms with Gasteiger partial charge in [0.05, 0.1) is 0 Å². The number of hydrogen-bond donors (Lipinski definition) is 2. The van der Waals surface area contributed by atoms with Gasteiger partial charge in [-0.25, -0.2) is 0 Å². The van der Waals surface area contributed by atoms with Gasteiger partial charge in [-0.2, -0.15) is 13.2 Å². The first-order valence-electron chi connectivity index (χ1n) is 5.82. The lowest BCUT2D eigenvalue weighted by molar-refractivity contribution is -0.174. The average Bonchev–Trinajstić information content (AvgIpc) is 2.27. The van der Waals surface area contributed by atoms with Gasteiger partial charge in [-0.3, -0.25) is 4.90 Å². The first-order chi connectivity index (χ1) is 8.03. The summed E-state index contributed by atoms with van der Waals surface area (Å²) in [7, 11) is 0. The van der Waals surface area contributed by atoms with E-state index in [1.54, 1.807) is 0 Å². The predicted molar refractivity (Wildman–Crippen MR) is 58.8 cm³/mol. The van der Waals surface area contributed by atoms with Crippen LogP contribution in [0.5, 0.6) is 0 Å². The fourth-order valence-electron chi connectivity index (χ4n) is 1.89. The van der Waals surface area contributed by atoms with Gasteiger partial charge in [-0.15, -0.1) is 0 Å². The third-order valence-electron chi connectivity index (χ3n) is 2.74. The molecule has 4 nitrogen and oxygen atoms in total. The molecule has 0 aromatic heterocycles. The second-order valence-corrected chi connectivity index (χ2v) is 4.15. The minimum absolute atomic E-state index is 0.140. The van der Waals surface area contributed by atoms with Crippen LogP contribution >= 0.6 is 0 Å². The normalized spacial score (nSPS) is 22.9. The molecule has 0 aromatic rings. The number of rotatable bonds is 6. The summed E-state index contributed by atoms with van der Waals surface area (Å²) in [6, 6.07) is 0.284. The van der Waals surface area contributed by atoms with Crippen molar-refractivity contribution in [3.05, 3.63) is 0 Å². The van der Waals surface area contributed by atoms with E-state index in [9.17, 15) is 13.2 Å². The van der Waals surface area contributed by atoms with Gasteiger partial charge in [0.2, 0.25) is 0 Å². The van der Waals surface area contributed by atoms with Crippen molar-refractivity contribution in [1.29, 1.82) is 0 Å². The fraction of sp³-hybridized carbons (Fsp3) is 1.00. The van der Waals surface area contributed by atoms with Crippen LogP contribution < -0.4 is 11.1 Å². The van der Waals surface area contributed by atoms with Crippen LogP contribution in [0.4, 0.5) is 13.2 Å². The van der Waals surface area contributed by atoms with E-state index in [-0.39, 0.29) is 12.6 Å². The molecule has 1 fully saturated rings. The summed E-state index contributed by atoms with van der Waals surface area (Å²) < 4.78 is 39.9. The fourth-order valence-corrected chi connectivity index (χ4v) is 1.89. The van der Waals surface area contributed by atoms with Gasteiger partial charge >= 0.3 is 6.18 Å². The van der Waals surface area contributed by atoms with Gasteiger partial charge < -0.3 is 15.8 Å². The number of halogens is 3. The smallest absolute Gasteiger partial charge is 0.372 e. The molecule has 0 bridgehead atoms. The highest BCUT2D eigenvalue weighted by Crippen LogP contribution is 2.14. The summed E-state index contributed by atoms with van der Waals surface area (Å²) in [6.45, 7) is 2.92. The first kappa shape index (κ1) is 14.7. The summed E-state index contributed by atoms with van der Waals surface area (Å²) in [6.07, 6.45) is -3.62. The van der Waals surface area contributed by atoms with Crippen molar-refractivity contribution in [2.24, 2.45) is 5.73 Å². The number of nitrogens with one attached hydrogen (secondary N) is 1. The van der Waals surface area contributed by atoms with Crippen molar-refractivity contribution < 1.29 is 17.9 Å². The van der Waals surface area contributed by atoms with E-state index < -0.39 is 12.8 Å². The maximum absolute atomic E-state index is 11.8. The molecule has 1 atom stereocenters. The van der Waals surface area contributed by atoms with Crippen molar-refractivity contribution in [3.63, 3.8) is 0 Å². The van der Waals surface area contributed by atoms with E-state index in [2.05, 4.69) is 15.0 Å². The molecule has 0 aliphatic carbocycles. The Morgan fingerprint density at radius 3 is 2.82 bits per heavy atom. The standard InChI is InChI=1S/C10H20F3N3O/c11-10(12,13)8-17-5-1-3-16-4-2-15-7-9(16)6-14/h9,15H,1-8,14H2. The molecule has 1 aliphatic rings. The molecule has 17 heavy (non-hydrogen) atoms. The summed E-state index contributed by atoms with van der Waals surface area (Å²) >= 11 is 0. The van der Waals surface area contributed by atoms with Crippen molar-refractivity contribution in [1.82, 2.24) is 10.2 Å². The Hall–Kier alpha value is -0.370. The highest BCUT2D eigenvalue weighted by molar-refractivity contribution is 4.80. The lowest BCUT2D eigenvalue weighted by atomic mass is 10.2. The highest BCUT2D eigenvalue weighted by atomic mass is 19.4. The van der Waals surface area contributed by atoms with Gasteiger partial charge in [-0.1, -0.05) is 0 Å². The van der Waals surface area contributed by atoms with E-state index >= 15 is 0 Å². The predicted octanol–water partition coefficient (Wildman–Crippen LogP) is 0.188. The van der Waals surface area contributed by atoms with Crippen molar-refractivity contribution in [2.45, 2.75) is 18.6 Å². The number of alkyl halides is 3. The van der Waals surface area contributed by atoms with Gasteiger partial charge in [0.1, 0.15) is 6.61 Å². The van der Waals surface area contributed by atoms with Gasteiger partial charge in [0.15, 0.2) is 0 Å². The summed E-state index contributed by atoms with van der Waals surface area (Å²) in [5.74, 6) is 0. The molecule has 1 heterocycles. The molecular formula is C10H20F3N3O. The van der Waals surface area contributed by atoms with Crippen LogP contribution in [0.25, 0.3) is 0 Å². The maximum atomic E-state index is 11.8. The number of nitrogens with zero attached hydrogens (tertiary/aromatic N) is 1. The van der Waals surface area contributed by atoms with Gasteiger partial charge in [0.25, 0.3) is 0 Å². The number of ether oxygens (including phenoxy) is 1. The molecule has 7 heteroatoms. The zero-order valence-electron chi connectivity index (χ0n) is 9.80. The molecule has 1 saturated heterocycles.